The Bertz CT molecular complexity index is 396. The first kappa shape index (κ1) is 15.0. The summed E-state index contributed by atoms with van der Waals surface area (Å²) in [6.07, 6.45) is 2.01. The van der Waals surface area contributed by atoms with Crippen LogP contribution in [-0.2, 0) is 0 Å². The average Bonchev–Trinajstić information content (AvgIpc) is 2.29. The summed E-state index contributed by atoms with van der Waals surface area (Å²) in [7, 11) is 0. The molecule has 102 valence electrons. The molecule has 0 aliphatic rings. The zero-order valence-electron chi connectivity index (χ0n) is 11.3. The topological polar surface area (TPSA) is 70.1 Å². The van der Waals surface area contributed by atoms with Gasteiger partial charge in [-0.05, 0) is 27.2 Å². The van der Waals surface area contributed by atoms with Gasteiger partial charge in [0.2, 0.25) is 5.95 Å². The molecule has 6 heteroatoms. The zero-order valence-corrected chi connectivity index (χ0v) is 12.0. The van der Waals surface area contributed by atoms with Crippen molar-refractivity contribution in [2.75, 3.05) is 17.2 Å². The number of hydrogen-bond acceptors (Lipinski definition) is 5. The highest BCUT2D eigenvalue weighted by molar-refractivity contribution is 6.32. The van der Waals surface area contributed by atoms with Crippen molar-refractivity contribution in [2.45, 2.75) is 45.8 Å². The lowest BCUT2D eigenvalue weighted by Gasteiger charge is -2.30. The summed E-state index contributed by atoms with van der Waals surface area (Å²) >= 11 is 6.04. The van der Waals surface area contributed by atoms with Gasteiger partial charge in [-0.3, -0.25) is 0 Å². The van der Waals surface area contributed by atoms with Gasteiger partial charge in [-0.25, -0.2) is 4.98 Å². The van der Waals surface area contributed by atoms with E-state index in [1.54, 1.807) is 13.1 Å². The lowest BCUT2D eigenvalue weighted by atomic mass is 9.99. The SMILES string of the molecule is CCCNc1ncc(Cl)c(NC(C)(C)C(C)O)n1. The van der Waals surface area contributed by atoms with E-state index in [2.05, 4.69) is 27.5 Å². The minimum Gasteiger partial charge on any atom is -0.391 e. The second kappa shape index (κ2) is 6.20. The highest BCUT2D eigenvalue weighted by Gasteiger charge is 2.25. The number of nitrogens with one attached hydrogen (secondary N) is 2. The molecule has 18 heavy (non-hydrogen) atoms. The van der Waals surface area contributed by atoms with Gasteiger partial charge in [-0.15, -0.1) is 0 Å². The number of hydrogen-bond donors (Lipinski definition) is 3. The number of halogens is 1. The quantitative estimate of drug-likeness (QED) is 0.742. The number of aliphatic hydroxyl groups is 1. The largest absolute Gasteiger partial charge is 0.391 e. The third-order valence-electron chi connectivity index (χ3n) is 2.76. The van der Waals surface area contributed by atoms with Crippen LogP contribution in [0.25, 0.3) is 0 Å². The second-order valence-corrected chi connectivity index (χ2v) is 5.25. The van der Waals surface area contributed by atoms with Gasteiger partial charge in [0, 0.05) is 6.54 Å². The van der Waals surface area contributed by atoms with E-state index in [9.17, 15) is 5.11 Å². The van der Waals surface area contributed by atoms with Crippen molar-refractivity contribution < 1.29 is 5.11 Å². The molecule has 5 nitrogen and oxygen atoms in total. The van der Waals surface area contributed by atoms with Crippen molar-refractivity contribution in [1.82, 2.24) is 9.97 Å². The Morgan fingerprint density at radius 1 is 1.50 bits per heavy atom. The molecule has 0 saturated carbocycles. The van der Waals surface area contributed by atoms with Crippen LogP contribution in [0.15, 0.2) is 6.20 Å². The Hall–Kier alpha value is -1.07. The molecule has 0 saturated heterocycles. The van der Waals surface area contributed by atoms with E-state index >= 15 is 0 Å². The molecule has 1 aromatic rings. The van der Waals surface area contributed by atoms with Gasteiger partial charge in [-0.1, -0.05) is 18.5 Å². The van der Waals surface area contributed by atoms with Crippen molar-refractivity contribution in [2.24, 2.45) is 0 Å². The first-order valence-electron chi connectivity index (χ1n) is 6.09. The molecule has 0 bridgehead atoms. The fourth-order valence-corrected chi connectivity index (χ4v) is 1.32. The fraction of sp³-hybridized carbons (Fsp3) is 0.667. The smallest absolute Gasteiger partial charge is 0.224 e. The Kier molecular flexibility index (Phi) is 5.16. The Balaban J connectivity index is 2.87. The van der Waals surface area contributed by atoms with E-state index in [1.165, 1.54) is 0 Å². The van der Waals surface area contributed by atoms with E-state index in [4.69, 9.17) is 11.6 Å². The lowest BCUT2D eigenvalue weighted by molar-refractivity contribution is 0.133. The standard InChI is InChI=1S/C12H21ClN4O/c1-5-6-14-11-15-7-9(13)10(16-11)17-12(3,4)8(2)18/h7-8,18H,5-6H2,1-4H3,(H2,14,15,16,17). The number of anilines is 2. The minimum atomic E-state index is -0.532. The maximum absolute atomic E-state index is 9.68. The van der Waals surface area contributed by atoms with Crippen LogP contribution >= 0.6 is 11.6 Å². The van der Waals surface area contributed by atoms with Crippen LogP contribution in [0.4, 0.5) is 11.8 Å². The molecule has 0 spiro atoms. The molecule has 0 aromatic carbocycles. The molecule has 0 fully saturated rings. The van der Waals surface area contributed by atoms with Crippen LogP contribution in [0.2, 0.25) is 5.02 Å². The summed E-state index contributed by atoms with van der Waals surface area (Å²) in [4.78, 5) is 8.40. The van der Waals surface area contributed by atoms with Crippen LogP contribution in [0.1, 0.15) is 34.1 Å². The normalized spacial score (nSPS) is 13.2. The molecule has 1 rings (SSSR count). The maximum atomic E-state index is 9.68. The van der Waals surface area contributed by atoms with Crippen molar-refractivity contribution >= 4 is 23.4 Å². The fourth-order valence-electron chi connectivity index (χ4n) is 1.19. The Morgan fingerprint density at radius 3 is 2.72 bits per heavy atom. The molecular formula is C12H21ClN4O. The zero-order chi connectivity index (χ0) is 13.8. The van der Waals surface area contributed by atoms with E-state index in [-0.39, 0.29) is 0 Å². The first-order chi connectivity index (χ1) is 8.36. The van der Waals surface area contributed by atoms with E-state index in [1.807, 2.05) is 13.8 Å². The second-order valence-electron chi connectivity index (χ2n) is 4.84. The predicted molar refractivity (Wildman–Crippen MR) is 75.2 cm³/mol. The molecule has 3 N–H and O–H groups in total. The van der Waals surface area contributed by atoms with Gasteiger partial charge < -0.3 is 15.7 Å². The Labute approximate surface area is 113 Å². The van der Waals surface area contributed by atoms with Crippen LogP contribution in [0.5, 0.6) is 0 Å². The predicted octanol–water partition coefficient (Wildman–Crippen LogP) is 2.52. The molecule has 0 aliphatic heterocycles. The molecule has 1 unspecified atom stereocenters. The van der Waals surface area contributed by atoms with Gasteiger partial charge in [0.25, 0.3) is 0 Å². The van der Waals surface area contributed by atoms with Gasteiger partial charge in [-0.2, -0.15) is 4.98 Å². The summed E-state index contributed by atoms with van der Waals surface area (Å²) in [6, 6.07) is 0. The summed E-state index contributed by atoms with van der Waals surface area (Å²) in [6.45, 7) is 8.36. The maximum Gasteiger partial charge on any atom is 0.224 e. The molecule has 1 heterocycles. The molecule has 1 atom stereocenters. The summed E-state index contributed by atoms with van der Waals surface area (Å²) < 4.78 is 0. The van der Waals surface area contributed by atoms with Gasteiger partial charge in [0.1, 0.15) is 5.02 Å². The van der Waals surface area contributed by atoms with Crippen LogP contribution < -0.4 is 10.6 Å². The number of rotatable bonds is 6. The molecule has 0 amide bonds. The molecule has 0 radical (unpaired) electrons. The molecular weight excluding hydrogens is 252 g/mol. The summed E-state index contributed by atoms with van der Waals surface area (Å²) in [5, 5.41) is 16.3. The lowest BCUT2D eigenvalue weighted by Crippen LogP contribution is -2.42. The van der Waals surface area contributed by atoms with Gasteiger partial charge >= 0.3 is 0 Å². The van der Waals surface area contributed by atoms with Crippen molar-refractivity contribution in [3.8, 4) is 0 Å². The summed E-state index contributed by atoms with van der Waals surface area (Å²) in [5.74, 6) is 1.06. The van der Waals surface area contributed by atoms with Crippen LogP contribution in [-0.4, -0.2) is 33.3 Å². The van der Waals surface area contributed by atoms with Crippen molar-refractivity contribution in [3.05, 3.63) is 11.2 Å². The monoisotopic (exact) mass is 272 g/mol. The first-order valence-corrected chi connectivity index (χ1v) is 6.47. The van der Waals surface area contributed by atoms with Crippen LogP contribution in [0.3, 0.4) is 0 Å². The molecule has 0 aliphatic carbocycles. The molecule has 1 aromatic heterocycles. The van der Waals surface area contributed by atoms with Crippen molar-refractivity contribution in [3.63, 3.8) is 0 Å². The van der Waals surface area contributed by atoms with Crippen molar-refractivity contribution in [1.29, 1.82) is 0 Å². The van der Waals surface area contributed by atoms with Gasteiger partial charge in [0.05, 0.1) is 17.8 Å². The Morgan fingerprint density at radius 2 is 2.17 bits per heavy atom. The minimum absolute atomic E-state index is 0.436. The average molecular weight is 273 g/mol. The number of aliphatic hydroxyl groups excluding tert-OH is 1. The van der Waals surface area contributed by atoms with Crippen LogP contribution in [0, 0.1) is 0 Å². The summed E-state index contributed by atoms with van der Waals surface area (Å²) in [5.41, 5.74) is -0.514. The third kappa shape index (κ3) is 3.99. The highest BCUT2D eigenvalue weighted by Crippen LogP contribution is 2.24. The number of aromatic nitrogens is 2. The van der Waals surface area contributed by atoms with E-state index in [0.29, 0.717) is 16.8 Å². The van der Waals surface area contributed by atoms with E-state index in [0.717, 1.165) is 13.0 Å². The van der Waals surface area contributed by atoms with E-state index < -0.39 is 11.6 Å². The third-order valence-corrected chi connectivity index (χ3v) is 3.04. The number of nitrogens with zero attached hydrogens (tertiary/aromatic N) is 2. The van der Waals surface area contributed by atoms with Gasteiger partial charge in [0.15, 0.2) is 5.82 Å². The highest BCUT2D eigenvalue weighted by atomic mass is 35.5.